The van der Waals surface area contributed by atoms with Crippen LogP contribution in [0.25, 0.3) is 0 Å². The molecule has 0 saturated heterocycles. The molecule has 4 nitrogen and oxygen atoms in total. The highest BCUT2D eigenvalue weighted by Crippen LogP contribution is 2.16. The van der Waals surface area contributed by atoms with E-state index in [9.17, 15) is 0 Å². The average molecular weight is 177 g/mol. The van der Waals surface area contributed by atoms with Crippen LogP contribution in [0.15, 0.2) is 18.5 Å². The minimum Gasteiger partial charge on any atom is -0.396 e. The Morgan fingerprint density at radius 3 is 3.08 bits per heavy atom. The lowest BCUT2D eigenvalue weighted by atomic mass is 10.0. The number of aromatic nitrogens is 1. The zero-order valence-electron chi connectivity index (χ0n) is 7.14. The second-order valence-corrected chi connectivity index (χ2v) is 2.69. The van der Waals surface area contributed by atoms with E-state index in [0.717, 1.165) is 0 Å². The van der Waals surface area contributed by atoms with Gasteiger partial charge in [0.25, 0.3) is 0 Å². The van der Waals surface area contributed by atoms with Gasteiger partial charge in [-0.15, -0.1) is 0 Å². The third-order valence-electron chi connectivity index (χ3n) is 1.81. The largest absolute Gasteiger partial charge is 0.396 e. The van der Waals surface area contributed by atoms with E-state index < -0.39 is 0 Å². The number of aliphatic hydroxyl groups is 1. The molecule has 4 heteroatoms. The van der Waals surface area contributed by atoms with Crippen LogP contribution in [-0.4, -0.2) is 16.7 Å². The van der Waals surface area contributed by atoms with Crippen molar-refractivity contribution in [3.05, 3.63) is 29.6 Å². The highest BCUT2D eigenvalue weighted by atomic mass is 16.3. The molecule has 3 N–H and O–H groups in total. The molecule has 0 spiro atoms. The van der Waals surface area contributed by atoms with Crippen LogP contribution in [0.3, 0.4) is 0 Å². The Balaban J connectivity index is 2.93. The molecule has 0 aliphatic carbocycles. The number of nitriles is 1. The Bertz CT molecular complexity index is 319. The third-order valence-corrected chi connectivity index (χ3v) is 1.81. The summed E-state index contributed by atoms with van der Waals surface area (Å²) < 4.78 is 0. The van der Waals surface area contributed by atoms with E-state index >= 15 is 0 Å². The predicted octanol–water partition coefficient (Wildman–Crippen LogP) is 0.335. The fourth-order valence-electron chi connectivity index (χ4n) is 1.10. The van der Waals surface area contributed by atoms with Crippen molar-refractivity contribution in [2.45, 2.75) is 12.5 Å². The monoisotopic (exact) mass is 177 g/mol. The quantitative estimate of drug-likeness (QED) is 0.697. The van der Waals surface area contributed by atoms with Gasteiger partial charge in [0.15, 0.2) is 0 Å². The average Bonchev–Trinajstić information content (AvgIpc) is 2.18. The summed E-state index contributed by atoms with van der Waals surface area (Å²) in [5.41, 5.74) is 6.95. The molecule has 13 heavy (non-hydrogen) atoms. The molecule has 1 atom stereocenters. The maximum absolute atomic E-state index is 8.74. The molecule has 1 heterocycles. The summed E-state index contributed by atoms with van der Waals surface area (Å²) in [6.45, 7) is 0.0148. The SMILES string of the molecule is N#Cc1ccncc1C(N)CCO. The molecule has 68 valence electrons. The van der Waals surface area contributed by atoms with Crippen molar-refractivity contribution in [1.82, 2.24) is 4.98 Å². The minimum atomic E-state index is -0.312. The molecule has 0 aliphatic rings. The van der Waals surface area contributed by atoms with E-state index in [1.807, 2.05) is 6.07 Å². The van der Waals surface area contributed by atoms with Gasteiger partial charge in [0.1, 0.15) is 0 Å². The number of nitrogens with zero attached hydrogens (tertiary/aromatic N) is 2. The van der Waals surface area contributed by atoms with Crippen molar-refractivity contribution in [1.29, 1.82) is 5.26 Å². The van der Waals surface area contributed by atoms with Crippen LogP contribution in [0, 0.1) is 11.3 Å². The van der Waals surface area contributed by atoms with E-state index in [4.69, 9.17) is 16.1 Å². The summed E-state index contributed by atoms with van der Waals surface area (Å²) in [4.78, 5) is 3.88. The lowest BCUT2D eigenvalue weighted by molar-refractivity contribution is 0.276. The predicted molar refractivity (Wildman–Crippen MR) is 47.6 cm³/mol. The van der Waals surface area contributed by atoms with Crippen LogP contribution >= 0.6 is 0 Å². The van der Waals surface area contributed by atoms with Crippen molar-refractivity contribution >= 4 is 0 Å². The molecule has 1 aromatic rings. The van der Waals surface area contributed by atoms with Gasteiger partial charge in [-0.05, 0) is 12.5 Å². The van der Waals surface area contributed by atoms with Crippen LogP contribution in [0.4, 0.5) is 0 Å². The fraction of sp³-hybridized carbons (Fsp3) is 0.333. The standard InChI is InChI=1S/C9H11N3O/c10-5-7-1-3-12-6-8(7)9(11)2-4-13/h1,3,6,9,13H,2,4,11H2. The Hall–Kier alpha value is -1.44. The van der Waals surface area contributed by atoms with Gasteiger partial charge in [0, 0.05) is 30.6 Å². The molecule has 0 aliphatic heterocycles. The lowest BCUT2D eigenvalue weighted by Crippen LogP contribution is -2.13. The molecule has 0 amide bonds. The summed E-state index contributed by atoms with van der Waals surface area (Å²) in [6.07, 6.45) is 3.56. The van der Waals surface area contributed by atoms with Crippen molar-refractivity contribution in [3.8, 4) is 6.07 Å². The van der Waals surface area contributed by atoms with Crippen LogP contribution < -0.4 is 5.73 Å². The number of hydrogen-bond donors (Lipinski definition) is 2. The Labute approximate surface area is 76.6 Å². The van der Waals surface area contributed by atoms with Gasteiger partial charge < -0.3 is 10.8 Å². The van der Waals surface area contributed by atoms with Gasteiger partial charge in [-0.3, -0.25) is 4.98 Å². The molecule has 0 bridgehead atoms. The number of pyridine rings is 1. The van der Waals surface area contributed by atoms with Crippen LogP contribution in [-0.2, 0) is 0 Å². The number of hydrogen-bond acceptors (Lipinski definition) is 4. The first kappa shape index (κ1) is 9.65. The summed E-state index contributed by atoms with van der Waals surface area (Å²) in [7, 11) is 0. The van der Waals surface area contributed by atoms with Gasteiger partial charge in [0.2, 0.25) is 0 Å². The van der Waals surface area contributed by atoms with Gasteiger partial charge in [-0.1, -0.05) is 0 Å². The number of aliphatic hydroxyl groups excluding tert-OH is 1. The second-order valence-electron chi connectivity index (χ2n) is 2.69. The first-order valence-electron chi connectivity index (χ1n) is 4.00. The number of nitrogens with two attached hydrogens (primary N) is 1. The summed E-state index contributed by atoms with van der Waals surface area (Å²) in [6, 6.07) is 3.34. The van der Waals surface area contributed by atoms with E-state index in [1.165, 1.54) is 0 Å². The first-order valence-corrected chi connectivity index (χ1v) is 4.00. The highest BCUT2D eigenvalue weighted by Gasteiger charge is 2.09. The molecule has 0 fully saturated rings. The van der Waals surface area contributed by atoms with Crippen molar-refractivity contribution < 1.29 is 5.11 Å². The Kier molecular flexibility index (Phi) is 3.38. The topological polar surface area (TPSA) is 82.9 Å². The summed E-state index contributed by atoms with van der Waals surface area (Å²) in [5.74, 6) is 0. The Morgan fingerprint density at radius 1 is 1.69 bits per heavy atom. The zero-order valence-corrected chi connectivity index (χ0v) is 7.14. The molecule has 0 aromatic carbocycles. The van der Waals surface area contributed by atoms with Crippen molar-refractivity contribution in [3.63, 3.8) is 0 Å². The maximum Gasteiger partial charge on any atom is 0.0996 e. The molecular formula is C9H11N3O. The van der Waals surface area contributed by atoms with E-state index in [0.29, 0.717) is 17.5 Å². The Morgan fingerprint density at radius 2 is 2.46 bits per heavy atom. The normalized spacial score (nSPS) is 12.1. The van der Waals surface area contributed by atoms with Crippen molar-refractivity contribution in [2.75, 3.05) is 6.61 Å². The molecule has 0 radical (unpaired) electrons. The molecule has 1 rings (SSSR count). The molecule has 1 unspecified atom stereocenters. The second kappa shape index (κ2) is 4.55. The number of rotatable bonds is 3. The molecule has 1 aromatic heterocycles. The zero-order chi connectivity index (χ0) is 9.68. The van der Waals surface area contributed by atoms with Gasteiger partial charge >= 0.3 is 0 Å². The van der Waals surface area contributed by atoms with E-state index in [1.54, 1.807) is 18.5 Å². The van der Waals surface area contributed by atoms with Gasteiger partial charge in [0.05, 0.1) is 11.6 Å². The lowest BCUT2D eigenvalue weighted by Gasteiger charge is -2.10. The van der Waals surface area contributed by atoms with Crippen LogP contribution in [0.5, 0.6) is 0 Å². The molecule has 0 saturated carbocycles. The molecular weight excluding hydrogens is 166 g/mol. The summed E-state index contributed by atoms with van der Waals surface area (Å²) >= 11 is 0. The minimum absolute atomic E-state index is 0.0148. The van der Waals surface area contributed by atoms with Gasteiger partial charge in [-0.25, -0.2) is 0 Å². The van der Waals surface area contributed by atoms with Crippen LogP contribution in [0.1, 0.15) is 23.6 Å². The van der Waals surface area contributed by atoms with Crippen molar-refractivity contribution in [2.24, 2.45) is 5.73 Å². The van der Waals surface area contributed by atoms with Crippen LogP contribution in [0.2, 0.25) is 0 Å². The summed E-state index contributed by atoms with van der Waals surface area (Å²) in [5, 5.41) is 17.4. The van der Waals surface area contributed by atoms with E-state index in [-0.39, 0.29) is 12.6 Å². The third kappa shape index (κ3) is 2.25. The van der Waals surface area contributed by atoms with E-state index in [2.05, 4.69) is 4.98 Å². The smallest absolute Gasteiger partial charge is 0.0996 e. The highest BCUT2D eigenvalue weighted by molar-refractivity contribution is 5.36. The first-order chi connectivity index (χ1) is 6.29. The fourth-order valence-corrected chi connectivity index (χ4v) is 1.10. The maximum atomic E-state index is 8.74. The van der Waals surface area contributed by atoms with Gasteiger partial charge in [-0.2, -0.15) is 5.26 Å².